The lowest BCUT2D eigenvalue weighted by molar-refractivity contribution is 0.360. The van der Waals surface area contributed by atoms with E-state index < -0.39 is 9.81 Å². The van der Waals surface area contributed by atoms with Crippen LogP contribution in [0.1, 0.15) is 19.4 Å². The molecule has 0 aliphatic rings. The largest absolute Gasteiger partial charge is 0.785 e. The van der Waals surface area contributed by atoms with Gasteiger partial charge >= 0.3 is 0 Å². The van der Waals surface area contributed by atoms with Gasteiger partial charge in [-0.15, -0.1) is 9.81 Å². The lowest BCUT2D eigenvalue weighted by Gasteiger charge is -2.52. The van der Waals surface area contributed by atoms with E-state index in [2.05, 4.69) is 0 Å². The number of rotatable bonds is 1. The molecule has 4 nitrogen and oxygen atoms in total. The van der Waals surface area contributed by atoms with Crippen molar-refractivity contribution in [2.45, 2.75) is 25.7 Å². The van der Waals surface area contributed by atoms with Crippen molar-refractivity contribution in [2.24, 2.45) is 5.14 Å². The zero-order valence-corrected chi connectivity index (χ0v) is 11.5. The van der Waals surface area contributed by atoms with Gasteiger partial charge in [-0.1, -0.05) is 44.2 Å². The third-order valence-electron chi connectivity index (χ3n) is 2.50. The fourth-order valence-electron chi connectivity index (χ4n) is 1.76. The van der Waals surface area contributed by atoms with Gasteiger partial charge in [0.25, 0.3) is 0 Å². The second-order valence-corrected chi connectivity index (χ2v) is 5.95. The van der Waals surface area contributed by atoms with Crippen molar-refractivity contribution < 1.29 is 13.3 Å². The Bertz CT molecular complexity index is 620. The fourth-order valence-corrected chi connectivity index (χ4v) is 2.66. The molecule has 0 atom stereocenters. The van der Waals surface area contributed by atoms with Crippen LogP contribution in [0.2, 0.25) is 0 Å². The van der Waals surface area contributed by atoms with E-state index in [-0.39, 0.29) is 4.90 Å². The molecular formula is C13H17NO3S-2. The van der Waals surface area contributed by atoms with Crippen LogP contribution in [0, 0.1) is 6.92 Å². The summed E-state index contributed by atoms with van der Waals surface area (Å²) in [4.78, 5) is -0.363. The summed E-state index contributed by atoms with van der Waals surface area (Å²) in [6, 6.07) is 9.62. The number of nitrogens with two attached hydrogens (primary N) is 1. The number of sulfonamides is 3. The topological polar surface area (TPSA) is 89.2 Å². The molecule has 0 fully saturated rings. The van der Waals surface area contributed by atoms with Gasteiger partial charge in [-0.25, -0.2) is 0 Å². The van der Waals surface area contributed by atoms with Crippen LogP contribution in [0.25, 0.3) is 10.8 Å². The van der Waals surface area contributed by atoms with Crippen LogP contribution in [0.3, 0.4) is 0 Å². The first kappa shape index (κ1) is 14.8. The highest BCUT2D eigenvalue weighted by molar-refractivity contribution is 8.08. The molecule has 0 bridgehead atoms. The smallest absolute Gasteiger partial charge is 0.0127 e. The normalized spacial score (nSPS) is 13.3. The number of benzene rings is 2. The Kier molecular flexibility index (Phi) is 3.92. The van der Waals surface area contributed by atoms with Gasteiger partial charge in [-0.05, 0) is 29.3 Å². The first-order valence-corrected chi connectivity index (χ1v) is 7.56. The Morgan fingerprint density at radius 2 is 1.50 bits per heavy atom. The predicted molar refractivity (Wildman–Crippen MR) is 72.2 cm³/mol. The summed E-state index contributed by atoms with van der Waals surface area (Å²) < 4.78 is 34.1. The first-order valence-electron chi connectivity index (χ1n) is 5.68. The van der Waals surface area contributed by atoms with E-state index in [1.165, 1.54) is 12.1 Å². The first-order chi connectivity index (χ1) is 8.26. The maximum Gasteiger partial charge on any atom is 0.0127 e. The Balaban J connectivity index is 0.000000771. The van der Waals surface area contributed by atoms with Gasteiger partial charge in [-0.2, -0.15) is 0 Å². The molecule has 0 spiro atoms. The summed E-state index contributed by atoms with van der Waals surface area (Å²) in [7, 11) is -5.69. The quantitative estimate of drug-likeness (QED) is 0.860. The van der Waals surface area contributed by atoms with Crippen molar-refractivity contribution in [2.75, 3.05) is 0 Å². The zero-order chi connectivity index (χ0) is 14.0. The average Bonchev–Trinajstić information content (AvgIpc) is 2.29. The zero-order valence-electron chi connectivity index (χ0n) is 10.7. The SMILES string of the molecule is CC.Cc1cccc2c(S(N)(=O)([O-])[O-])cccc12. The maximum atomic E-state index is 11.4. The van der Waals surface area contributed by atoms with Gasteiger partial charge in [0.1, 0.15) is 0 Å². The van der Waals surface area contributed by atoms with Gasteiger partial charge in [0, 0.05) is 4.90 Å². The summed E-state index contributed by atoms with van der Waals surface area (Å²) >= 11 is 0. The van der Waals surface area contributed by atoms with Crippen molar-refractivity contribution in [3.63, 3.8) is 0 Å². The molecule has 0 saturated carbocycles. The number of aryl methyl sites for hydroxylation is 1. The van der Waals surface area contributed by atoms with E-state index in [0.717, 1.165) is 10.9 Å². The summed E-state index contributed by atoms with van der Waals surface area (Å²) in [6.07, 6.45) is 0. The van der Waals surface area contributed by atoms with Crippen molar-refractivity contribution >= 4 is 20.6 Å². The van der Waals surface area contributed by atoms with E-state index in [9.17, 15) is 13.3 Å². The van der Waals surface area contributed by atoms with Gasteiger partial charge in [-0.3, -0.25) is 9.35 Å². The summed E-state index contributed by atoms with van der Waals surface area (Å²) in [5.74, 6) is 0. The second-order valence-electron chi connectivity index (χ2n) is 3.79. The molecule has 0 heterocycles. The number of primary sulfonamides is 3. The molecule has 0 aromatic heterocycles. The molecule has 0 aliphatic carbocycles. The molecule has 2 rings (SSSR count). The molecule has 0 unspecified atom stereocenters. The van der Waals surface area contributed by atoms with E-state index >= 15 is 0 Å². The van der Waals surface area contributed by atoms with Crippen molar-refractivity contribution in [3.8, 4) is 0 Å². The molecule has 0 saturated heterocycles. The minimum absolute atomic E-state index is 0.363. The standard InChI is InChI=1S/C11H13NO3S.C2H6/c1-8-4-2-6-10-9(8)5-3-7-11(10)16(12,13,14)15;1-2/h2-7H,1H3,(H4,12,13,14,15);1-2H3/p-2. The fraction of sp³-hybridized carbons (Fsp3) is 0.231. The molecule has 0 amide bonds. The molecule has 0 aliphatic heterocycles. The van der Waals surface area contributed by atoms with Crippen molar-refractivity contribution in [1.82, 2.24) is 0 Å². The van der Waals surface area contributed by atoms with Crippen LogP contribution in [-0.2, 0) is 9.81 Å². The molecule has 2 N–H and O–H groups in total. The third-order valence-corrected chi connectivity index (χ3v) is 3.64. The molecule has 100 valence electrons. The lowest BCUT2D eigenvalue weighted by Crippen LogP contribution is -2.42. The number of hydrogen-bond donors (Lipinski definition) is 1. The highest BCUT2D eigenvalue weighted by atomic mass is 32.3. The minimum Gasteiger partial charge on any atom is -0.785 e. The van der Waals surface area contributed by atoms with Crippen LogP contribution in [-0.4, -0.2) is 13.3 Å². The molecule has 2 aromatic rings. The van der Waals surface area contributed by atoms with E-state index in [4.69, 9.17) is 5.14 Å². The van der Waals surface area contributed by atoms with Gasteiger partial charge in [0.2, 0.25) is 0 Å². The Labute approximate surface area is 107 Å². The lowest BCUT2D eigenvalue weighted by atomic mass is 10.1. The van der Waals surface area contributed by atoms with Crippen LogP contribution < -0.4 is 5.14 Å². The van der Waals surface area contributed by atoms with Crippen molar-refractivity contribution in [1.29, 1.82) is 0 Å². The van der Waals surface area contributed by atoms with E-state index in [1.807, 2.05) is 26.8 Å². The molecule has 0 radical (unpaired) electrons. The van der Waals surface area contributed by atoms with E-state index in [1.54, 1.807) is 18.2 Å². The Morgan fingerprint density at radius 3 is 2.06 bits per heavy atom. The average molecular weight is 267 g/mol. The summed E-state index contributed by atoms with van der Waals surface area (Å²) in [5, 5.41) is 5.94. The highest BCUT2D eigenvalue weighted by Gasteiger charge is 2.11. The van der Waals surface area contributed by atoms with Gasteiger partial charge in [0.15, 0.2) is 0 Å². The Morgan fingerprint density at radius 1 is 1.00 bits per heavy atom. The van der Waals surface area contributed by atoms with Crippen LogP contribution in [0.15, 0.2) is 41.3 Å². The summed E-state index contributed by atoms with van der Waals surface area (Å²) in [6.45, 7) is 5.84. The third kappa shape index (κ3) is 2.94. The molecule has 18 heavy (non-hydrogen) atoms. The molecule has 2 aromatic carbocycles. The molecular weight excluding hydrogens is 250 g/mol. The predicted octanol–water partition coefficient (Wildman–Crippen LogP) is 2.49. The Hall–Kier alpha value is -1.27. The second kappa shape index (κ2) is 4.78. The minimum atomic E-state index is -5.69. The monoisotopic (exact) mass is 267 g/mol. The highest BCUT2D eigenvalue weighted by Crippen LogP contribution is 2.31. The van der Waals surface area contributed by atoms with Crippen molar-refractivity contribution in [3.05, 3.63) is 42.0 Å². The molecule has 5 heteroatoms. The summed E-state index contributed by atoms with van der Waals surface area (Å²) in [5.41, 5.74) is 0.899. The van der Waals surface area contributed by atoms with Crippen LogP contribution in [0.4, 0.5) is 0 Å². The van der Waals surface area contributed by atoms with Gasteiger partial charge < -0.3 is 9.11 Å². The van der Waals surface area contributed by atoms with Crippen LogP contribution in [0.5, 0.6) is 0 Å². The maximum absolute atomic E-state index is 11.4. The number of hydrogen-bond acceptors (Lipinski definition) is 3. The van der Waals surface area contributed by atoms with Crippen LogP contribution >= 0.6 is 0 Å². The van der Waals surface area contributed by atoms with E-state index in [0.29, 0.717) is 5.39 Å². The van der Waals surface area contributed by atoms with Gasteiger partial charge in [0.05, 0.1) is 0 Å². The number of fused-ring (bicyclic) bond motifs is 1.